The molecule has 3 rings (SSSR count). The number of fused-ring (bicyclic) bond motifs is 1. The maximum Gasteiger partial charge on any atom is 0.418 e. The van der Waals surface area contributed by atoms with Gasteiger partial charge in [0.25, 0.3) is 0 Å². The third kappa shape index (κ3) is 2.08. The van der Waals surface area contributed by atoms with Gasteiger partial charge in [0.1, 0.15) is 6.33 Å². The first-order valence-corrected chi connectivity index (χ1v) is 6.01. The standard InChI is InChI=1S/C10H10ClN5O3/c11-9-13-7(15-1-3-19-4-2-15)6-8(14-9)16(5-12-6)10(17)18/h5H,1-4H2,(H,17,18). The summed E-state index contributed by atoms with van der Waals surface area (Å²) >= 11 is 5.86. The molecule has 3 heterocycles. The van der Waals surface area contributed by atoms with Crippen LogP contribution in [0.5, 0.6) is 0 Å². The van der Waals surface area contributed by atoms with E-state index in [9.17, 15) is 4.79 Å². The predicted molar refractivity (Wildman–Crippen MR) is 66.8 cm³/mol. The summed E-state index contributed by atoms with van der Waals surface area (Å²) in [5, 5.41) is 9.05. The minimum atomic E-state index is -1.16. The molecule has 1 fully saturated rings. The number of nitrogens with zero attached hydrogens (tertiary/aromatic N) is 5. The Morgan fingerprint density at radius 2 is 2.11 bits per heavy atom. The lowest BCUT2D eigenvalue weighted by molar-refractivity contribution is 0.122. The zero-order valence-electron chi connectivity index (χ0n) is 9.78. The number of morpholine rings is 1. The normalized spacial score (nSPS) is 15.9. The van der Waals surface area contributed by atoms with Crippen molar-refractivity contribution in [3.8, 4) is 0 Å². The summed E-state index contributed by atoms with van der Waals surface area (Å²) in [6.07, 6.45) is 0.0345. The Labute approximate surface area is 112 Å². The molecule has 0 bridgehead atoms. The number of aromatic nitrogens is 4. The second-order valence-corrected chi connectivity index (χ2v) is 4.32. The third-order valence-corrected chi connectivity index (χ3v) is 3.04. The molecule has 2 aromatic heterocycles. The first-order chi connectivity index (χ1) is 9.16. The summed E-state index contributed by atoms with van der Waals surface area (Å²) in [4.78, 5) is 25.2. The van der Waals surface area contributed by atoms with E-state index in [1.54, 1.807) is 0 Å². The molecule has 9 heteroatoms. The van der Waals surface area contributed by atoms with E-state index in [1.807, 2.05) is 4.90 Å². The van der Waals surface area contributed by atoms with Gasteiger partial charge in [0.05, 0.1) is 13.2 Å². The van der Waals surface area contributed by atoms with Gasteiger partial charge < -0.3 is 14.7 Å². The van der Waals surface area contributed by atoms with Crippen LogP contribution in [-0.2, 0) is 4.74 Å². The zero-order chi connectivity index (χ0) is 13.4. The minimum Gasteiger partial charge on any atom is -0.464 e. The van der Waals surface area contributed by atoms with Crippen LogP contribution in [0.3, 0.4) is 0 Å². The number of rotatable bonds is 1. The van der Waals surface area contributed by atoms with Gasteiger partial charge in [-0.3, -0.25) is 0 Å². The molecule has 100 valence electrons. The lowest BCUT2D eigenvalue weighted by Crippen LogP contribution is -2.37. The van der Waals surface area contributed by atoms with Crippen LogP contribution in [0.1, 0.15) is 0 Å². The molecule has 1 aliphatic heterocycles. The van der Waals surface area contributed by atoms with E-state index in [-0.39, 0.29) is 10.9 Å². The summed E-state index contributed by atoms with van der Waals surface area (Å²) in [7, 11) is 0. The van der Waals surface area contributed by atoms with E-state index in [1.165, 1.54) is 6.33 Å². The summed E-state index contributed by atoms with van der Waals surface area (Å²) in [6, 6.07) is 0. The highest BCUT2D eigenvalue weighted by Gasteiger charge is 2.21. The molecule has 0 spiro atoms. The lowest BCUT2D eigenvalue weighted by atomic mass is 10.4. The van der Waals surface area contributed by atoms with Gasteiger partial charge in [0.15, 0.2) is 17.0 Å². The molecule has 1 N–H and O–H groups in total. The van der Waals surface area contributed by atoms with E-state index in [4.69, 9.17) is 21.4 Å². The second-order valence-electron chi connectivity index (χ2n) is 3.99. The van der Waals surface area contributed by atoms with Crippen LogP contribution in [0.15, 0.2) is 6.33 Å². The van der Waals surface area contributed by atoms with Crippen LogP contribution in [0.2, 0.25) is 5.28 Å². The first-order valence-electron chi connectivity index (χ1n) is 5.63. The van der Waals surface area contributed by atoms with E-state index < -0.39 is 6.09 Å². The molecule has 0 saturated carbocycles. The molecule has 0 aliphatic carbocycles. The molecule has 1 aliphatic rings. The van der Waals surface area contributed by atoms with Gasteiger partial charge in [-0.15, -0.1) is 0 Å². The monoisotopic (exact) mass is 283 g/mol. The highest BCUT2D eigenvalue weighted by atomic mass is 35.5. The third-order valence-electron chi connectivity index (χ3n) is 2.87. The van der Waals surface area contributed by atoms with Crippen LogP contribution in [0.25, 0.3) is 11.2 Å². The Morgan fingerprint density at radius 1 is 1.37 bits per heavy atom. The zero-order valence-corrected chi connectivity index (χ0v) is 10.5. The molecule has 0 aromatic carbocycles. The largest absolute Gasteiger partial charge is 0.464 e. The van der Waals surface area contributed by atoms with E-state index in [2.05, 4.69) is 15.0 Å². The van der Waals surface area contributed by atoms with Crippen molar-refractivity contribution in [2.75, 3.05) is 31.2 Å². The molecule has 19 heavy (non-hydrogen) atoms. The average Bonchev–Trinajstić information content (AvgIpc) is 2.82. The van der Waals surface area contributed by atoms with Crippen molar-refractivity contribution in [1.29, 1.82) is 0 Å². The number of anilines is 1. The van der Waals surface area contributed by atoms with Crippen LogP contribution in [0.4, 0.5) is 10.6 Å². The molecule has 2 aromatic rings. The molecule has 0 radical (unpaired) electrons. The maximum absolute atomic E-state index is 11.1. The van der Waals surface area contributed by atoms with Gasteiger partial charge >= 0.3 is 6.09 Å². The average molecular weight is 284 g/mol. The molecule has 0 unspecified atom stereocenters. The number of ether oxygens (including phenoxy) is 1. The molecule has 0 atom stereocenters. The summed E-state index contributed by atoms with van der Waals surface area (Å²) in [5.41, 5.74) is 0.614. The smallest absolute Gasteiger partial charge is 0.418 e. The summed E-state index contributed by atoms with van der Waals surface area (Å²) in [5.74, 6) is 0.540. The van der Waals surface area contributed by atoms with Gasteiger partial charge in [0.2, 0.25) is 5.28 Å². The predicted octanol–water partition coefficient (Wildman–Crippen LogP) is 0.842. The molecule has 8 nitrogen and oxygen atoms in total. The molecule has 0 amide bonds. The summed E-state index contributed by atoms with van der Waals surface area (Å²) in [6.45, 7) is 2.48. The Balaban J connectivity index is 2.15. The Morgan fingerprint density at radius 3 is 2.79 bits per heavy atom. The van der Waals surface area contributed by atoms with Crippen LogP contribution < -0.4 is 4.90 Å². The maximum atomic E-state index is 11.1. The number of halogens is 1. The number of carbonyl (C=O) groups is 1. The summed E-state index contributed by atoms with van der Waals surface area (Å²) < 4.78 is 6.19. The van der Waals surface area contributed by atoms with Crippen LogP contribution >= 0.6 is 11.6 Å². The number of imidazole rings is 1. The minimum absolute atomic E-state index is 0.00279. The van der Waals surface area contributed by atoms with Gasteiger partial charge in [-0.05, 0) is 11.6 Å². The van der Waals surface area contributed by atoms with Crippen molar-refractivity contribution in [3.63, 3.8) is 0 Å². The van der Waals surface area contributed by atoms with Gasteiger partial charge in [-0.2, -0.15) is 9.97 Å². The van der Waals surface area contributed by atoms with Crippen LogP contribution in [-0.4, -0.2) is 57.0 Å². The van der Waals surface area contributed by atoms with Crippen molar-refractivity contribution in [2.45, 2.75) is 0 Å². The number of hydrogen-bond acceptors (Lipinski definition) is 6. The SMILES string of the molecule is O=C(O)n1cnc2c(N3CCOCC3)nc(Cl)nc21. The quantitative estimate of drug-likeness (QED) is 0.775. The van der Waals surface area contributed by atoms with Gasteiger partial charge in [-0.1, -0.05) is 0 Å². The van der Waals surface area contributed by atoms with E-state index >= 15 is 0 Å². The Hall–Kier alpha value is -1.93. The first kappa shape index (κ1) is 12.1. The Kier molecular flexibility index (Phi) is 2.96. The second kappa shape index (κ2) is 4.63. The lowest BCUT2D eigenvalue weighted by Gasteiger charge is -2.27. The van der Waals surface area contributed by atoms with Crippen molar-refractivity contribution in [3.05, 3.63) is 11.6 Å². The van der Waals surface area contributed by atoms with Crippen molar-refractivity contribution in [2.24, 2.45) is 0 Å². The van der Waals surface area contributed by atoms with Crippen LogP contribution in [0, 0.1) is 0 Å². The number of carboxylic acid groups (broad SMARTS) is 1. The van der Waals surface area contributed by atoms with E-state index in [0.29, 0.717) is 37.6 Å². The molecular weight excluding hydrogens is 274 g/mol. The highest BCUT2D eigenvalue weighted by Crippen LogP contribution is 2.24. The number of hydrogen-bond donors (Lipinski definition) is 1. The fraction of sp³-hybridized carbons (Fsp3) is 0.400. The molecule has 1 saturated heterocycles. The van der Waals surface area contributed by atoms with E-state index in [0.717, 1.165) is 4.57 Å². The van der Waals surface area contributed by atoms with Crippen molar-refractivity contribution < 1.29 is 14.6 Å². The Bertz CT molecular complexity index is 637. The van der Waals surface area contributed by atoms with Crippen molar-refractivity contribution >= 4 is 34.7 Å². The van der Waals surface area contributed by atoms with Gasteiger partial charge in [-0.25, -0.2) is 14.3 Å². The van der Waals surface area contributed by atoms with Crippen molar-refractivity contribution in [1.82, 2.24) is 19.5 Å². The fourth-order valence-electron chi connectivity index (χ4n) is 1.99. The highest BCUT2D eigenvalue weighted by molar-refractivity contribution is 6.28. The van der Waals surface area contributed by atoms with Gasteiger partial charge in [0, 0.05) is 13.1 Å². The fourth-order valence-corrected chi connectivity index (χ4v) is 2.15. The topological polar surface area (TPSA) is 93.4 Å². The molecular formula is C10H10ClN5O3.